The molecule has 1 aliphatic carbocycles. The molecule has 0 unspecified atom stereocenters. The standard InChI is InChI=1S/C26H37N5/c1-19(2)31(25-10-3-6-20-8-5-11-28-26(20)25)18-22-16-23-21(17-29-22)7-4-9-24(23)30-14-12-27-13-15-30/h4-5,7-9,11,19,22,25,27,29H,3,6,10,12-18H2,1-2H3/t22-,25+/m1/s1. The molecule has 166 valence electrons. The second-order valence-electron chi connectivity index (χ2n) is 9.68. The molecule has 5 nitrogen and oxygen atoms in total. The lowest BCUT2D eigenvalue weighted by Gasteiger charge is -2.41. The van der Waals surface area contributed by atoms with Gasteiger partial charge in [0.25, 0.3) is 0 Å². The molecule has 1 saturated heterocycles. The van der Waals surface area contributed by atoms with Crippen molar-refractivity contribution in [3.8, 4) is 0 Å². The van der Waals surface area contributed by atoms with Crippen molar-refractivity contribution in [2.45, 2.75) is 64.2 Å². The molecule has 2 aliphatic heterocycles. The number of aromatic nitrogens is 1. The molecule has 0 spiro atoms. The van der Waals surface area contributed by atoms with Gasteiger partial charge in [-0.2, -0.15) is 0 Å². The second-order valence-corrected chi connectivity index (χ2v) is 9.68. The molecular formula is C26H37N5. The van der Waals surface area contributed by atoms with E-state index in [2.05, 4.69) is 64.6 Å². The summed E-state index contributed by atoms with van der Waals surface area (Å²) in [4.78, 5) is 10.1. The number of benzene rings is 1. The quantitative estimate of drug-likeness (QED) is 0.779. The molecule has 0 radical (unpaired) electrons. The number of fused-ring (bicyclic) bond motifs is 2. The number of nitrogens with one attached hydrogen (secondary N) is 2. The highest BCUT2D eigenvalue weighted by Crippen LogP contribution is 2.35. The van der Waals surface area contributed by atoms with Gasteiger partial charge in [-0.1, -0.05) is 18.2 Å². The van der Waals surface area contributed by atoms with Crippen LogP contribution in [0, 0.1) is 0 Å². The average Bonchev–Trinajstić information content (AvgIpc) is 2.82. The van der Waals surface area contributed by atoms with E-state index < -0.39 is 0 Å². The van der Waals surface area contributed by atoms with Gasteiger partial charge in [0.2, 0.25) is 0 Å². The Kier molecular flexibility index (Phi) is 6.26. The van der Waals surface area contributed by atoms with E-state index in [-0.39, 0.29) is 0 Å². The van der Waals surface area contributed by atoms with E-state index >= 15 is 0 Å². The fourth-order valence-corrected chi connectivity index (χ4v) is 5.79. The summed E-state index contributed by atoms with van der Waals surface area (Å²) in [6.45, 7) is 11.1. The van der Waals surface area contributed by atoms with Crippen molar-refractivity contribution >= 4 is 5.69 Å². The Labute approximate surface area is 187 Å². The molecular weight excluding hydrogens is 382 g/mol. The molecule has 3 aliphatic rings. The number of nitrogens with zero attached hydrogens (tertiary/aromatic N) is 3. The number of hydrogen-bond acceptors (Lipinski definition) is 5. The summed E-state index contributed by atoms with van der Waals surface area (Å²) in [6.07, 6.45) is 6.75. The topological polar surface area (TPSA) is 43.4 Å². The normalized spacial score (nSPS) is 23.7. The summed E-state index contributed by atoms with van der Waals surface area (Å²) in [5, 5.41) is 7.35. The van der Waals surface area contributed by atoms with E-state index in [1.54, 1.807) is 5.56 Å². The molecule has 2 atom stereocenters. The van der Waals surface area contributed by atoms with Crippen LogP contribution in [0.5, 0.6) is 0 Å². The zero-order valence-corrected chi connectivity index (χ0v) is 19.1. The van der Waals surface area contributed by atoms with Gasteiger partial charge in [0.1, 0.15) is 0 Å². The molecule has 3 heterocycles. The van der Waals surface area contributed by atoms with Crippen LogP contribution in [0.1, 0.15) is 55.1 Å². The Morgan fingerprint density at radius 3 is 2.81 bits per heavy atom. The summed E-state index contributed by atoms with van der Waals surface area (Å²) in [5.74, 6) is 0. The lowest BCUT2D eigenvalue weighted by molar-refractivity contribution is 0.117. The third-order valence-electron chi connectivity index (χ3n) is 7.40. The molecule has 0 saturated carbocycles. The van der Waals surface area contributed by atoms with Gasteiger partial charge in [0.15, 0.2) is 0 Å². The molecule has 2 aromatic rings. The maximum atomic E-state index is 4.83. The molecule has 5 rings (SSSR count). The van der Waals surface area contributed by atoms with Crippen molar-refractivity contribution in [2.75, 3.05) is 37.6 Å². The number of aryl methyl sites for hydroxylation is 1. The molecule has 31 heavy (non-hydrogen) atoms. The maximum absolute atomic E-state index is 4.83. The molecule has 1 fully saturated rings. The van der Waals surface area contributed by atoms with Gasteiger partial charge in [-0.3, -0.25) is 9.88 Å². The minimum atomic E-state index is 0.441. The molecule has 1 aromatic heterocycles. The van der Waals surface area contributed by atoms with Crippen LogP contribution in [0.25, 0.3) is 0 Å². The van der Waals surface area contributed by atoms with Crippen LogP contribution in [-0.4, -0.2) is 54.7 Å². The Balaban J connectivity index is 1.36. The average molecular weight is 420 g/mol. The minimum Gasteiger partial charge on any atom is -0.369 e. The molecule has 5 heteroatoms. The van der Waals surface area contributed by atoms with E-state index in [4.69, 9.17) is 4.98 Å². The lowest BCUT2D eigenvalue weighted by Crippen LogP contribution is -2.49. The van der Waals surface area contributed by atoms with Crippen molar-refractivity contribution in [1.82, 2.24) is 20.5 Å². The van der Waals surface area contributed by atoms with Gasteiger partial charge >= 0.3 is 0 Å². The maximum Gasteiger partial charge on any atom is 0.0607 e. The third kappa shape index (κ3) is 4.36. The van der Waals surface area contributed by atoms with Gasteiger partial charge in [0, 0.05) is 63.2 Å². The SMILES string of the molecule is CC(C)N(C[C@H]1Cc2c(cccc2N2CCNCC2)CN1)[C@H]1CCCc2cccnc21. The van der Waals surface area contributed by atoms with Gasteiger partial charge < -0.3 is 15.5 Å². The summed E-state index contributed by atoms with van der Waals surface area (Å²) in [6, 6.07) is 12.7. The van der Waals surface area contributed by atoms with Crippen LogP contribution in [0.4, 0.5) is 5.69 Å². The molecule has 2 N–H and O–H groups in total. The van der Waals surface area contributed by atoms with Crippen molar-refractivity contribution in [3.63, 3.8) is 0 Å². The van der Waals surface area contributed by atoms with Crippen LogP contribution in [0.2, 0.25) is 0 Å². The van der Waals surface area contributed by atoms with Gasteiger partial charge in [0.05, 0.1) is 11.7 Å². The van der Waals surface area contributed by atoms with Crippen molar-refractivity contribution < 1.29 is 0 Å². The first-order valence-corrected chi connectivity index (χ1v) is 12.2. The lowest BCUT2D eigenvalue weighted by atomic mass is 9.88. The number of pyridine rings is 1. The van der Waals surface area contributed by atoms with Crippen molar-refractivity contribution in [1.29, 1.82) is 0 Å². The summed E-state index contributed by atoms with van der Waals surface area (Å²) >= 11 is 0. The first-order chi connectivity index (χ1) is 15.2. The first-order valence-electron chi connectivity index (χ1n) is 12.2. The Hall–Kier alpha value is -1.95. The Morgan fingerprint density at radius 1 is 1.13 bits per heavy atom. The van der Waals surface area contributed by atoms with Gasteiger partial charge in [-0.15, -0.1) is 0 Å². The predicted octanol–water partition coefficient (Wildman–Crippen LogP) is 3.29. The van der Waals surface area contributed by atoms with E-state index in [1.807, 2.05) is 6.20 Å². The number of rotatable bonds is 5. The number of piperazine rings is 1. The fraction of sp³-hybridized carbons (Fsp3) is 0.577. The monoisotopic (exact) mass is 419 g/mol. The van der Waals surface area contributed by atoms with Gasteiger partial charge in [-0.25, -0.2) is 0 Å². The molecule has 0 bridgehead atoms. The van der Waals surface area contributed by atoms with Crippen LogP contribution >= 0.6 is 0 Å². The van der Waals surface area contributed by atoms with Crippen molar-refractivity contribution in [2.24, 2.45) is 0 Å². The largest absolute Gasteiger partial charge is 0.369 e. The van der Waals surface area contributed by atoms with Crippen molar-refractivity contribution in [3.05, 3.63) is 58.9 Å². The Bertz CT molecular complexity index is 889. The summed E-state index contributed by atoms with van der Waals surface area (Å²) in [7, 11) is 0. The van der Waals surface area contributed by atoms with E-state index in [9.17, 15) is 0 Å². The van der Waals surface area contributed by atoms with E-state index in [1.165, 1.54) is 41.8 Å². The van der Waals surface area contributed by atoms with Crippen LogP contribution in [-0.2, 0) is 19.4 Å². The van der Waals surface area contributed by atoms with E-state index in [0.29, 0.717) is 18.1 Å². The highest BCUT2D eigenvalue weighted by Gasteiger charge is 2.32. The van der Waals surface area contributed by atoms with Crippen LogP contribution in [0.3, 0.4) is 0 Å². The van der Waals surface area contributed by atoms with Crippen LogP contribution < -0.4 is 15.5 Å². The third-order valence-corrected chi connectivity index (χ3v) is 7.40. The molecule has 0 amide bonds. The van der Waals surface area contributed by atoms with E-state index in [0.717, 1.165) is 45.7 Å². The highest BCUT2D eigenvalue weighted by atomic mass is 15.2. The van der Waals surface area contributed by atoms with Crippen LogP contribution in [0.15, 0.2) is 36.5 Å². The first kappa shape index (κ1) is 20.9. The number of hydrogen-bond donors (Lipinski definition) is 2. The fourth-order valence-electron chi connectivity index (χ4n) is 5.79. The zero-order chi connectivity index (χ0) is 21.2. The molecule has 1 aromatic carbocycles. The minimum absolute atomic E-state index is 0.441. The highest BCUT2D eigenvalue weighted by molar-refractivity contribution is 5.58. The summed E-state index contributed by atoms with van der Waals surface area (Å²) < 4.78 is 0. The predicted molar refractivity (Wildman–Crippen MR) is 128 cm³/mol. The second kappa shape index (κ2) is 9.27. The zero-order valence-electron chi connectivity index (χ0n) is 19.1. The Morgan fingerprint density at radius 2 is 1.97 bits per heavy atom. The van der Waals surface area contributed by atoms with Gasteiger partial charge in [-0.05, 0) is 68.4 Å². The smallest absolute Gasteiger partial charge is 0.0607 e. The summed E-state index contributed by atoms with van der Waals surface area (Å²) in [5.41, 5.74) is 7.28. The number of anilines is 1.